The number of aliphatic hydroxyl groups excluding tert-OH is 1. The van der Waals surface area contributed by atoms with E-state index in [4.69, 9.17) is 5.11 Å². The molecule has 29 heavy (non-hydrogen) atoms. The van der Waals surface area contributed by atoms with Gasteiger partial charge in [-0.15, -0.1) is 0 Å². The van der Waals surface area contributed by atoms with Gasteiger partial charge < -0.3 is 15.5 Å². The second-order valence-electron chi connectivity index (χ2n) is 6.02. The Morgan fingerprint density at radius 1 is 1.03 bits per heavy atom. The topological polar surface area (TPSA) is 135 Å². The molecule has 0 atom stereocenters. The van der Waals surface area contributed by atoms with Crippen molar-refractivity contribution in [2.45, 2.75) is 6.61 Å². The molecule has 0 unspecified atom stereocenters. The number of aromatic nitrogens is 1. The number of nitrogens with zero attached hydrogens (tertiary/aromatic N) is 2. The maximum atomic E-state index is 12.5. The fourth-order valence-electron chi connectivity index (χ4n) is 2.70. The number of hydrogen-bond acceptors (Lipinski definition) is 5. The molecule has 0 radical (unpaired) electrons. The van der Waals surface area contributed by atoms with Gasteiger partial charge in [-0.1, -0.05) is 24.3 Å². The maximum Gasteiger partial charge on any atom is 0.409 e. The minimum Gasteiger partial charge on any atom is -0.465 e. The minimum absolute atomic E-state index is 0.209. The van der Waals surface area contributed by atoms with Crippen LogP contribution in [0.3, 0.4) is 0 Å². The number of benzene rings is 2. The Morgan fingerprint density at radius 2 is 1.69 bits per heavy atom. The van der Waals surface area contributed by atoms with Gasteiger partial charge in [-0.3, -0.25) is 15.1 Å². The Bertz CT molecular complexity index is 1100. The first kappa shape index (κ1) is 19.5. The molecule has 0 saturated carbocycles. The van der Waals surface area contributed by atoms with Crippen molar-refractivity contribution in [1.82, 2.24) is 4.98 Å². The summed E-state index contributed by atoms with van der Waals surface area (Å²) in [5.41, 5.74) is 2.90. The van der Waals surface area contributed by atoms with E-state index in [9.17, 15) is 20.0 Å². The van der Waals surface area contributed by atoms with Gasteiger partial charge in [-0.05, 0) is 35.9 Å². The number of anilines is 2. The van der Waals surface area contributed by atoms with E-state index in [1.54, 1.807) is 48.5 Å². The van der Waals surface area contributed by atoms with Gasteiger partial charge in [-0.2, -0.15) is 5.26 Å². The van der Waals surface area contributed by atoms with Gasteiger partial charge in [0.15, 0.2) is 0 Å². The third kappa shape index (κ3) is 4.55. The molecule has 0 aliphatic rings. The summed E-state index contributed by atoms with van der Waals surface area (Å²) in [6.07, 6.45) is 0.257. The van der Waals surface area contributed by atoms with Gasteiger partial charge in [0.2, 0.25) is 0 Å². The summed E-state index contributed by atoms with van der Waals surface area (Å²) in [7, 11) is 0. The average molecular weight is 388 g/mol. The van der Waals surface area contributed by atoms with Crippen molar-refractivity contribution in [3.63, 3.8) is 0 Å². The summed E-state index contributed by atoms with van der Waals surface area (Å²) in [5.74, 6) is -0.416. The van der Waals surface area contributed by atoms with E-state index < -0.39 is 12.0 Å². The molecule has 0 saturated heterocycles. The predicted molar refractivity (Wildman–Crippen MR) is 106 cm³/mol. The summed E-state index contributed by atoms with van der Waals surface area (Å²) in [6.45, 7) is -0.209. The van der Waals surface area contributed by atoms with E-state index >= 15 is 0 Å². The lowest BCUT2D eigenvalue weighted by Gasteiger charge is -2.11. The summed E-state index contributed by atoms with van der Waals surface area (Å²) in [4.78, 5) is 27.6. The van der Waals surface area contributed by atoms with Crippen LogP contribution in [0.15, 0.2) is 60.8 Å². The first-order chi connectivity index (χ1) is 14.0. The molecule has 0 bridgehead atoms. The first-order valence-corrected chi connectivity index (χ1v) is 8.52. The van der Waals surface area contributed by atoms with E-state index in [-0.39, 0.29) is 12.3 Å². The number of pyridine rings is 1. The van der Waals surface area contributed by atoms with Gasteiger partial charge in [0.25, 0.3) is 5.91 Å². The fourth-order valence-corrected chi connectivity index (χ4v) is 2.70. The van der Waals surface area contributed by atoms with Crippen LogP contribution in [0.1, 0.15) is 21.5 Å². The van der Waals surface area contributed by atoms with Crippen molar-refractivity contribution in [2.75, 3.05) is 10.6 Å². The second kappa shape index (κ2) is 8.65. The Morgan fingerprint density at radius 3 is 2.28 bits per heavy atom. The van der Waals surface area contributed by atoms with Crippen LogP contribution in [-0.4, -0.2) is 27.2 Å². The van der Waals surface area contributed by atoms with Gasteiger partial charge >= 0.3 is 6.09 Å². The third-order valence-electron chi connectivity index (χ3n) is 4.08. The third-order valence-corrected chi connectivity index (χ3v) is 4.08. The van der Waals surface area contributed by atoms with Crippen molar-refractivity contribution >= 4 is 23.4 Å². The Balaban J connectivity index is 1.82. The lowest BCUT2D eigenvalue weighted by Crippen LogP contribution is -2.15. The Kier molecular flexibility index (Phi) is 5.83. The number of carboxylic acid groups (broad SMARTS) is 1. The highest BCUT2D eigenvalue weighted by Gasteiger charge is 2.12. The maximum absolute atomic E-state index is 12.5. The molecule has 0 aliphatic heterocycles. The van der Waals surface area contributed by atoms with Crippen LogP contribution in [0.25, 0.3) is 11.3 Å². The summed E-state index contributed by atoms with van der Waals surface area (Å²) >= 11 is 0. The molecule has 8 heteroatoms. The molecular formula is C21H16N4O4. The molecule has 3 aromatic rings. The molecule has 3 rings (SSSR count). The van der Waals surface area contributed by atoms with Gasteiger partial charge in [0.1, 0.15) is 6.07 Å². The van der Waals surface area contributed by atoms with E-state index in [0.29, 0.717) is 33.6 Å². The van der Waals surface area contributed by atoms with Crippen LogP contribution in [-0.2, 0) is 6.61 Å². The molecule has 0 fully saturated rings. The normalized spacial score (nSPS) is 10.1. The zero-order valence-electron chi connectivity index (χ0n) is 15.1. The summed E-state index contributed by atoms with van der Waals surface area (Å²) < 4.78 is 0. The monoisotopic (exact) mass is 388 g/mol. The minimum atomic E-state index is -1.23. The Hall–Kier alpha value is -4.22. The smallest absolute Gasteiger partial charge is 0.409 e. The highest BCUT2D eigenvalue weighted by molar-refractivity contribution is 6.07. The molecule has 144 valence electrons. The van der Waals surface area contributed by atoms with Crippen LogP contribution in [0.5, 0.6) is 0 Å². The number of aliphatic hydroxyl groups is 1. The van der Waals surface area contributed by atoms with Crippen LogP contribution < -0.4 is 10.6 Å². The number of amides is 2. The summed E-state index contributed by atoms with van der Waals surface area (Å²) in [6, 6.07) is 16.6. The molecule has 1 aromatic heterocycles. The lowest BCUT2D eigenvalue weighted by molar-refractivity contribution is 0.102. The SMILES string of the molecule is N#Cc1cc(CO)cnc1-c1ccc(C(=O)Nc2ccccc2NC(=O)O)cc1. The molecule has 4 N–H and O–H groups in total. The van der Waals surface area contributed by atoms with Gasteiger partial charge in [-0.25, -0.2) is 4.79 Å². The Labute approximate surface area is 166 Å². The van der Waals surface area contributed by atoms with E-state index in [1.165, 1.54) is 12.3 Å². The number of carbonyl (C=O) groups is 2. The summed E-state index contributed by atoms with van der Waals surface area (Å²) in [5, 5.41) is 32.3. The zero-order valence-corrected chi connectivity index (χ0v) is 15.1. The molecule has 8 nitrogen and oxygen atoms in total. The van der Waals surface area contributed by atoms with Crippen molar-refractivity contribution in [1.29, 1.82) is 5.26 Å². The second-order valence-corrected chi connectivity index (χ2v) is 6.02. The highest BCUT2D eigenvalue weighted by Crippen LogP contribution is 2.24. The molecule has 2 amide bonds. The standard InChI is InChI=1S/C21H16N4O4/c22-10-16-9-13(12-26)11-23-19(16)14-5-7-15(8-6-14)20(27)24-17-3-1-2-4-18(17)25-21(28)29/h1-9,11,25-26H,12H2,(H,24,27)(H,28,29). The average Bonchev–Trinajstić information content (AvgIpc) is 2.74. The van der Waals surface area contributed by atoms with E-state index in [2.05, 4.69) is 21.7 Å². The lowest BCUT2D eigenvalue weighted by atomic mass is 10.0. The van der Waals surface area contributed by atoms with Gasteiger partial charge in [0, 0.05) is 17.3 Å². The molecule has 0 aliphatic carbocycles. The van der Waals surface area contributed by atoms with Gasteiger partial charge in [0.05, 0.1) is 29.2 Å². The van der Waals surface area contributed by atoms with Crippen LogP contribution in [0.2, 0.25) is 0 Å². The number of para-hydroxylation sites is 2. The molecule has 1 heterocycles. The molecule has 0 spiro atoms. The predicted octanol–water partition coefficient (Wildman–Crippen LogP) is 3.45. The highest BCUT2D eigenvalue weighted by atomic mass is 16.4. The molecule has 2 aromatic carbocycles. The van der Waals surface area contributed by atoms with Crippen molar-refractivity contribution in [3.05, 3.63) is 77.5 Å². The molecular weight excluding hydrogens is 372 g/mol. The number of carbonyl (C=O) groups excluding carboxylic acids is 1. The fraction of sp³-hybridized carbons (Fsp3) is 0.0476. The van der Waals surface area contributed by atoms with Crippen molar-refractivity contribution < 1.29 is 19.8 Å². The quantitative estimate of drug-likeness (QED) is 0.529. The van der Waals surface area contributed by atoms with Crippen LogP contribution in [0, 0.1) is 11.3 Å². The first-order valence-electron chi connectivity index (χ1n) is 8.52. The number of rotatable bonds is 5. The van der Waals surface area contributed by atoms with E-state index in [0.717, 1.165) is 0 Å². The van der Waals surface area contributed by atoms with Crippen molar-refractivity contribution in [3.8, 4) is 17.3 Å². The number of hydrogen-bond donors (Lipinski definition) is 4. The van der Waals surface area contributed by atoms with Crippen molar-refractivity contribution in [2.24, 2.45) is 0 Å². The van der Waals surface area contributed by atoms with E-state index in [1.807, 2.05) is 0 Å². The number of nitrogens with one attached hydrogen (secondary N) is 2. The number of nitriles is 1. The van der Waals surface area contributed by atoms with Crippen LogP contribution in [0.4, 0.5) is 16.2 Å². The van der Waals surface area contributed by atoms with Crippen LogP contribution >= 0.6 is 0 Å². The largest absolute Gasteiger partial charge is 0.465 e. The zero-order chi connectivity index (χ0) is 20.8.